The third kappa shape index (κ3) is 3.04. The fourth-order valence-electron chi connectivity index (χ4n) is 0.976. The second-order valence-electron chi connectivity index (χ2n) is 3.08. The molecule has 0 bridgehead atoms. The molecule has 0 amide bonds. The highest BCUT2D eigenvalue weighted by Crippen LogP contribution is 2.03. The average molecular weight is 188 g/mol. The molecule has 0 aromatic heterocycles. The number of ketones is 1. The summed E-state index contributed by atoms with van der Waals surface area (Å²) in [5.41, 5.74) is 1.48. The molecule has 0 radical (unpaired) electrons. The molecule has 0 spiro atoms. The Kier molecular flexibility index (Phi) is 3.44. The van der Waals surface area contributed by atoms with Crippen LogP contribution in [0.5, 0.6) is 0 Å². The van der Waals surface area contributed by atoms with Crippen molar-refractivity contribution >= 4 is 5.78 Å². The first-order chi connectivity index (χ1) is 6.59. The van der Waals surface area contributed by atoms with E-state index >= 15 is 0 Å². The highest BCUT2D eigenvalue weighted by atomic mass is 16.3. The van der Waals surface area contributed by atoms with Gasteiger partial charge in [0, 0.05) is 11.1 Å². The third-order valence-corrected chi connectivity index (χ3v) is 1.72. The summed E-state index contributed by atoms with van der Waals surface area (Å²) in [5, 5.41) is 8.93. The molecule has 1 rings (SSSR count). The van der Waals surface area contributed by atoms with Crippen molar-refractivity contribution in [1.29, 1.82) is 0 Å². The van der Waals surface area contributed by atoms with Gasteiger partial charge in [-0.2, -0.15) is 0 Å². The number of hydrogen-bond acceptors (Lipinski definition) is 2. The standard InChI is InChI=1S/C12H12O2/c1-9(13)3-4-11-5-7-12(8-6-11)10(2)14/h5-9,13H,1-2H3. The fraction of sp³-hybridized carbons (Fsp3) is 0.250. The van der Waals surface area contributed by atoms with Crippen LogP contribution in [0.2, 0.25) is 0 Å². The number of rotatable bonds is 1. The van der Waals surface area contributed by atoms with Crippen LogP contribution in [0.3, 0.4) is 0 Å². The van der Waals surface area contributed by atoms with Crippen LogP contribution in [0.25, 0.3) is 0 Å². The number of benzene rings is 1. The van der Waals surface area contributed by atoms with Crippen molar-refractivity contribution < 1.29 is 9.90 Å². The first-order valence-electron chi connectivity index (χ1n) is 4.40. The Labute approximate surface area is 83.6 Å². The van der Waals surface area contributed by atoms with Crippen molar-refractivity contribution in [3.05, 3.63) is 35.4 Å². The van der Waals surface area contributed by atoms with Crippen molar-refractivity contribution in [3.63, 3.8) is 0 Å². The van der Waals surface area contributed by atoms with Gasteiger partial charge in [0.2, 0.25) is 0 Å². The molecule has 0 heterocycles. The predicted octanol–water partition coefficient (Wildman–Crippen LogP) is 1.62. The maximum Gasteiger partial charge on any atom is 0.159 e. The maximum absolute atomic E-state index is 10.9. The van der Waals surface area contributed by atoms with E-state index in [4.69, 9.17) is 5.11 Å². The molecule has 1 aromatic carbocycles. The van der Waals surface area contributed by atoms with E-state index in [0.717, 1.165) is 5.56 Å². The lowest BCUT2D eigenvalue weighted by atomic mass is 10.1. The Hall–Kier alpha value is -1.59. The van der Waals surface area contributed by atoms with Crippen LogP contribution in [0.4, 0.5) is 0 Å². The minimum atomic E-state index is -0.623. The van der Waals surface area contributed by atoms with E-state index in [0.29, 0.717) is 5.56 Å². The van der Waals surface area contributed by atoms with E-state index < -0.39 is 6.10 Å². The highest BCUT2D eigenvalue weighted by molar-refractivity contribution is 5.94. The topological polar surface area (TPSA) is 37.3 Å². The summed E-state index contributed by atoms with van der Waals surface area (Å²) < 4.78 is 0. The second-order valence-corrected chi connectivity index (χ2v) is 3.08. The highest BCUT2D eigenvalue weighted by Gasteiger charge is 1.96. The Balaban J connectivity index is 2.85. The van der Waals surface area contributed by atoms with Gasteiger partial charge >= 0.3 is 0 Å². The Morgan fingerprint density at radius 2 is 1.93 bits per heavy atom. The lowest BCUT2D eigenvalue weighted by Crippen LogP contribution is -1.93. The first kappa shape index (κ1) is 10.5. The number of carbonyl (C=O) groups is 1. The van der Waals surface area contributed by atoms with E-state index in [1.807, 2.05) is 0 Å². The molecule has 2 nitrogen and oxygen atoms in total. The van der Waals surface area contributed by atoms with Gasteiger partial charge in [-0.25, -0.2) is 0 Å². The van der Waals surface area contributed by atoms with Gasteiger partial charge in [-0.15, -0.1) is 0 Å². The number of hydrogen-bond donors (Lipinski definition) is 1. The van der Waals surface area contributed by atoms with Gasteiger partial charge in [-0.3, -0.25) is 4.79 Å². The number of aliphatic hydroxyl groups is 1. The minimum Gasteiger partial charge on any atom is -0.381 e. The van der Waals surface area contributed by atoms with Gasteiger partial charge in [0.15, 0.2) is 5.78 Å². The number of Topliss-reactive ketones (excluding diaryl/α,β-unsaturated/α-hetero) is 1. The lowest BCUT2D eigenvalue weighted by Gasteiger charge is -1.95. The molecule has 0 fully saturated rings. The summed E-state index contributed by atoms with van der Waals surface area (Å²) >= 11 is 0. The molecule has 1 unspecified atom stereocenters. The second kappa shape index (κ2) is 4.59. The molecule has 14 heavy (non-hydrogen) atoms. The molecule has 1 atom stereocenters. The van der Waals surface area contributed by atoms with Crippen LogP contribution < -0.4 is 0 Å². The molecule has 2 heteroatoms. The Bertz CT molecular complexity index is 377. The Morgan fingerprint density at radius 1 is 1.36 bits per heavy atom. The van der Waals surface area contributed by atoms with Gasteiger partial charge in [-0.1, -0.05) is 24.0 Å². The molecule has 72 valence electrons. The molecule has 0 saturated heterocycles. The zero-order valence-corrected chi connectivity index (χ0v) is 8.24. The molecule has 0 aliphatic heterocycles. The van der Waals surface area contributed by atoms with Crippen LogP contribution >= 0.6 is 0 Å². The summed E-state index contributed by atoms with van der Waals surface area (Å²) in [6.45, 7) is 3.13. The van der Waals surface area contributed by atoms with E-state index in [1.54, 1.807) is 31.2 Å². The van der Waals surface area contributed by atoms with E-state index in [2.05, 4.69) is 11.8 Å². The number of carbonyl (C=O) groups excluding carboxylic acids is 1. The molecule has 0 saturated carbocycles. The molecule has 0 aliphatic rings. The van der Waals surface area contributed by atoms with Gasteiger partial charge < -0.3 is 5.11 Å². The Morgan fingerprint density at radius 3 is 2.36 bits per heavy atom. The molecular formula is C12H12O2. The third-order valence-electron chi connectivity index (χ3n) is 1.72. The van der Waals surface area contributed by atoms with Crippen molar-refractivity contribution in [3.8, 4) is 11.8 Å². The van der Waals surface area contributed by atoms with Crippen molar-refractivity contribution in [2.75, 3.05) is 0 Å². The maximum atomic E-state index is 10.9. The van der Waals surface area contributed by atoms with Crippen molar-refractivity contribution in [2.45, 2.75) is 20.0 Å². The van der Waals surface area contributed by atoms with Gasteiger partial charge in [-0.05, 0) is 26.0 Å². The molecule has 1 aromatic rings. The first-order valence-corrected chi connectivity index (χ1v) is 4.40. The van der Waals surface area contributed by atoms with Crippen molar-refractivity contribution in [1.82, 2.24) is 0 Å². The minimum absolute atomic E-state index is 0.0417. The van der Waals surface area contributed by atoms with E-state index in [1.165, 1.54) is 6.92 Å². The quantitative estimate of drug-likeness (QED) is 0.537. The van der Waals surface area contributed by atoms with Crippen LogP contribution in [0, 0.1) is 11.8 Å². The van der Waals surface area contributed by atoms with Crippen LogP contribution in [0.15, 0.2) is 24.3 Å². The summed E-state index contributed by atoms with van der Waals surface area (Å²) in [6, 6.07) is 7.00. The summed E-state index contributed by atoms with van der Waals surface area (Å²) in [6.07, 6.45) is -0.623. The zero-order valence-electron chi connectivity index (χ0n) is 8.24. The van der Waals surface area contributed by atoms with Gasteiger partial charge in [0.1, 0.15) is 6.10 Å². The molecule has 0 aliphatic carbocycles. The SMILES string of the molecule is CC(=O)c1ccc(C#CC(C)O)cc1. The zero-order chi connectivity index (χ0) is 10.6. The lowest BCUT2D eigenvalue weighted by molar-refractivity contribution is 0.101. The van der Waals surface area contributed by atoms with Gasteiger partial charge in [0.05, 0.1) is 0 Å². The van der Waals surface area contributed by atoms with Crippen LogP contribution in [-0.2, 0) is 0 Å². The normalized spacial score (nSPS) is 11.4. The molecular weight excluding hydrogens is 176 g/mol. The largest absolute Gasteiger partial charge is 0.381 e. The van der Waals surface area contributed by atoms with Crippen LogP contribution in [0.1, 0.15) is 29.8 Å². The summed E-state index contributed by atoms with van der Waals surface area (Å²) in [7, 11) is 0. The summed E-state index contributed by atoms with van der Waals surface area (Å²) in [4.78, 5) is 10.9. The number of aliphatic hydroxyl groups excluding tert-OH is 1. The van der Waals surface area contributed by atoms with Crippen molar-refractivity contribution in [2.24, 2.45) is 0 Å². The van der Waals surface area contributed by atoms with E-state index in [-0.39, 0.29) is 5.78 Å². The monoisotopic (exact) mass is 188 g/mol. The van der Waals surface area contributed by atoms with E-state index in [9.17, 15) is 4.79 Å². The fourth-order valence-corrected chi connectivity index (χ4v) is 0.976. The van der Waals surface area contributed by atoms with Gasteiger partial charge in [0.25, 0.3) is 0 Å². The van der Waals surface area contributed by atoms with Crippen LogP contribution in [-0.4, -0.2) is 17.0 Å². The summed E-state index contributed by atoms with van der Waals surface area (Å²) in [5.74, 6) is 5.47. The average Bonchev–Trinajstić information content (AvgIpc) is 2.15. The molecule has 1 N–H and O–H groups in total. The smallest absolute Gasteiger partial charge is 0.159 e. The predicted molar refractivity (Wildman–Crippen MR) is 55.0 cm³/mol.